The van der Waals surface area contributed by atoms with E-state index in [1.807, 2.05) is 6.07 Å². The van der Waals surface area contributed by atoms with Crippen molar-refractivity contribution in [2.75, 3.05) is 0 Å². The minimum Gasteiger partial charge on any atom is -0.457 e. The van der Waals surface area contributed by atoms with Gasteiger partial charge in [0.05, 0.1) is 18.5 Å². The molecule has 0 saturated carbocycles. The van der Waals surface area contributed by atoms with E-state index in [0.717, 1.165) is 11.3 Å². The normalized spacial score (nSPS) is 13.1. The number of aromatic nitrogens is 3. The molecule has 74 valence electrons. The molecule has 0 bridgehead atoms. The zero-order valence-corrected chi connectivity index (χ0v) is 9.10. The van der Waals surface area contributed by atoms with Gasteiger partial charge in [0.1, 0.15) is 5.69 Å². The van der Waals surface area contributed by atoms with Crippen LogP contribution in [0.25, 0.3) is 0 Å². The molecule has 0 aromatic carbocycles. The van der Waals surface area contributed by atoms with Gasteiger partial charge in [-0.1, -0.05) is 0 Å². The molecule has 2 aromatic heterocycles. The van der Waals surface area contributed by atoms with Gasteiger partial charge < -0.3 is 10.2 Å². The molecule has 0 fully saturated rings. The fraction of sp³-hybridized carbons (Fsp3) is 0.250. The van der Waals surface area contributed by atoms with Crippen LogP contribution in [0.15, 0.2) is 27.6 Å². The van der Waals surface area contributed by atoms with Crippen LogP contribution in [0.5, 0.6) is 0 Å². The Morgan fingerprint density at radius 3 is 2.93 bits per heavy atom. The molecule has 2 aromatic rings. The first-order valence-electron chi connectivity index (χ1n) is 4.02. The Morgan fingerprint density at radius 2 is 2.43 bits per heavy atom. The third-order valence-corrected chi connectivity index (χ3v) is 2.30. The van der Waals surface area contributed by atoms with E-state index in [1.54, 1.807) is 19.5 Å². The SMILES string of the molecule is Cn1ncc(C(N)c2coc(Br)c2)n1. The van der Waals surface area contributed by atoms with E-state index in [4.69, 9.17) is 10.2 Å². The Morgan fingerprint density at radius 1 is 1.64 bits per heavy atom. The molecule has 6 heteroatoms. The lowest BCUT2D eigenvalue weighted by Gasteiger charge is -2.03. The summed E-state index contributed by atoms with van der Waals surface area (Å²) in [4.78, 5) is 1.48. The number of furan rings is 1. The van der Waals surface area contributed by atoms with Crippen molar-refractivity contribution in [2.24, 2.45) is 12.8 Å². The standard InChI is InChI=1S/C8H9BrN4O/c1-13-11-3-6(12-13)8(10)5-2-7(9)14-4-5/h2-4,8H,10H2,1H3. The summed E-state index contributed by atoms with van der Waals surface area (Å²) in [6.45, 7) is 0. The topological polar surface area (TPSA) is 69.9 Å². The second-order valence-corrected chi connectivity index (χ2v) is 3.70. The van der Waals surface area contributed by atoms with E-state index < -0.39 is 0 Å². The Kier molecular flexibility index (Phi) is 2.39. The molecule has 0 aliphatic carbocycles. The molecule has 0 amide bonds. The van der Waals surface area contributed by atoms with Crippen molar-refractivity contribution in [3.05, 3.63) is 34.5 Å². The Balaban J connectivity index is 2.28. The molecule has 0 spiro atoms. The number of nitrogens with zero attached hydrogens (tertiary/aromatic N) is 3. The summed E-state index contributed by atoms with van der Waals surface area (Å²) in [6, 6.07) is 1.53. The van der Waals surface area contributed by atoms with Crippen molar-refractivity contribution in [1.29, 1.82) is 0 Å². The number of halogens is 1. The van der Waals surface area contributed by atoms with Gasteiger partial charge in [0.15, 0.2) is 4.67 Å². The lowest BCUT2D eigenvalue weighted by Crippen LogP contribution is -2.11. The third kappa shape index (κ3) is 1.71. The van der Waals surface area contributed by atoms with Crippen LogP contribution in [0, 0.1) is 0 Å². The van der Waals surface area contributed by atoms with Crippen molar-refractivity contribution in [2.45, 2.75) is 6.04 Å². The van der Waals surface area contributed by atoms with Gasteiger partial charge in [0, 0.05) is 12.6 Å². The highest BCUT2D eigenvalue weighted by Gasteiger charge is 2.14. The fourth-order valence-corrected chi connectivity index (χ4v) is 1.52. The molecule has 1 unspecified atom stereocenters. The van der Waals surface area contributed by atoms with Crippen LogP contribution in [0.1, 0.15) is 17.3 Å². The van der Waals surface area contributed by atoms with Crippen LogP contribution in [0.2, 0.25) is 0 Å². The van der Waals surface area contributed by atoms with Gasteiger partial charge in [-0.25, -0.2) is 0 Å². The van der Waals surface area contributed by atoms with E-state index in [9.17, 15) is 0 Å². The van der Waals surface area contributed by atoms with Crippen LogP contribution < -0.4 is 5.73 Å². The molecular weight excluding hydrogens is 248 g/mol. The zero-order valence-electron chi connectivity index (χ0n) is 7.51. The van der Waals surface area contributed by atoms with Gasteiger partial charge in [0.2, 0.25) is 0 Å². The van der Waals surface area contributed by atoms with Crippen LogP contribution in [-0.4, -0.2) is 15.0 Å². The Labute approximate surface area is 89.0 Å². The largest absolute Gasteiger partial charge is 0.457 e. The molecule has 2 rings (SSSR count). The zero-order chi connectivity index (χ0) is 10.1. The van der Waals surface area contributed by atoms with Crippen molar-refractivity contribution in [3.8, 4) is 0 Å². The van der Waals surface area contributed by atoms with E-state index in [1.165, 1.54) is 4.80 Å². The molecule has 14 heavy (non-hydrogen) atoms. The molecule has 0 radical (unpaired) electrons. The number of aryl methyl sites for hydroxylation is 1. The van der Waals surface area contributed by atoms with Crippen molar-refractivity contribution in [1.82, 2.24) is 15.0 Å². The number of nitrogens with two attached hydrogens (primary N) is 1. The smallest absolute Gasteiger partial charge is 0.169 e. The molecule has 2 heterocycles. The van der Waals surface area contributed by atoms with Gasteiger partial charge in [-0.15, -0.1) is 0 Å². The Hall–Kier alpha value is -1.14. The summed E-state index contributed by atoms with van der Waals surface area (Å²) < 4.78 is 5.75. The minimum absolute atomic E-state index is 0.293. The van der Waals surface area contributed by atoms with E-state index in [0.29, 0.717) is 4.67 Å². The highest BCUT2D eigenvalue weighted by atomic mass is 79.9. The third-order valence-electron chi connectivity index (χ3n) is 1.88. The van der Waals surface area contributed by atoms with Crippen LogP contribution in [0.4, 0.5) is 0 Å². The summed E-state index contributed by atoms with van der Waals surface area (Å²) in [5.74, 6) is 0. The number of rotatable bonds is 2. The highest BCUT2D eigenvalue weighted by Crippen LogP contribution is 2.22. The lowest BCUT2D eigenvalue weighted by molar-refractivity contribution is 0.536. The fourth-order valence-electron chi connectivity index (χ4n) is 1.16. The quantitative estimate of drug-likeness (QED) is 0.878. The molecule has 2 N–H and O–H groups in total. The van der Waals surface area contributed by atoms with Gasteiger partial charge in [-0.2, -0.15) is 15.0 Å². The first kappa shape index (κ1) is 9.42. The first-order chi connectivity index (χ1) is 6.66. The van der Waals surface area contributed by atoms with Crippen molar-refractivity contribution in [3.63, 3.8) is 0 Å². The molecule has 0 saturated heterocycles. The molecule has 0 aliphatic heterocycles. The lowest BCUT2D eigenvalue weighted by atomic mass is 10.1. The van der Waals surface area contributed by atoms with Crippen molar-refractivity contribution < 1.29 is 4.42 Å². The maximum atomic E-state index is 5.95. The molecular formula is C8H9BrN4O. The number of hydrogen-bond donors (Lipinski definition) is 1. The average Bonchev–Trinajstić information content (AvgIpc) is 2.73. The van der Waals surface area contributed by atoms with Crippen molar-refractivity contribution >= 4 is 15.9 Å². The number of hydrogen-bond acceptors (Lipinski definition) is 4. The van der Waals surface area contributed by atoms with E-state index in [-0.39, 0.29) is 6.04 Å². The molecule has 5 nitrogen and oxygen atoms in total. The van der Waals surface area contributed by atoms with Gasteiger partial charge in [0.25, 0.3) is 0 Å². The minimum atomic E-state index is -0.293. The second-order valence-electron chi connectivity index (χ2n) is 2.92. The van der Waals surface area contributed by atoms with Crippen LogP contribution >= 0.6 is 15.9 Å². The first-order valence-corrected chi connectivity index (χ1v) is 4.82. The predicted molar refractivity (Wildman–Crippen MR) is 53.4 cm³/mol. The summed E-state index contributed by atoms with van der Waals surface area (Å²) in [5, 5.41) is 8.07. The van der Waals surface area contributed by atoms with E-state index >= 15 is 0 Å². The van der Waals surface area contributed by atoms with Gasteiger partial charge in [-0.05, 0) is 22.0 Å². The van der Waals surface area contributed by atoms with Crippen LogP contribution in [-0.2, 0) is 7.05 Å². The van der Waals surface area contributed by atoms with Gasteiger partial charge in [-0.3, -0.25) is 0 Å². The average molecular weight is 257 g/mol. The molecule has 0 aliphatic rings. The maximum Gasteiger partial charge on any atom is 0.169 e. The Bertz CT molecular complexity index is 396. The second kappa shape index (κ2) is 3.55. The van der Waals surface area contributed by atoms with E-state index in [2.05, 4.69) is 26.1 Å². The summed E-state index contributed by atoms with van der Waals surface area (Å²) >= 11 is 3.21. The summed E-state index contributed by atoms with van der Waals surface area (Å²) in [6.07, 6.45) is 3.25. The maximum absolute atomic E-state index is 5.95. The monoisotopic (exact) mass is 256 g/mol. The summed E-state index contributed by atoms with van der Waals surface area (Å²) in [5.41, 5.74) is 7.54. The van der Waals surface area contributed by atoms with Crippen LogP contribution in [0.3, 0.4) is 0 Å². The highest BCUT2D eigenvalue weighted by molar-refractivity contribution is 9.10. The predicted octanol–water partition coefficient (Wildman–Crippen LogP) is 1.22. The molecule has 1 atom stereocenters. The van der Waals surface area contributed by atoms with Gasteiger partial charge >= 0.3 is 0 Å². The summed E-state index contributed by atoms with van der Waals surface area (Å²) in [7, 11) is 1.75.